The summed E-state index contributed by atoms with van der Waals surface area (Å²) in [4.78, 5) is 12.0. The maximum Gasteiger partial charge on any atom is 0.239 e. The van der Waals surface area contributed by atoms with Crippen molar-refractivity contribution in [1.29, 1.82) is 0 Å². The van der Waals surface area contributed by atoms with E-state index in [1.807, 2.05) is 69.3 Å². The molecular formula is C22H30N2O4. The van der Waals surface area contributed by atoms with Crippen molar-refractivity contribution in [2.75, 3.05) is 31.7 Å². The van der Waals surface area contributed by atoms with Gasteiger partial charge in [-0.25, -0.2) is 0 Å². The molecule has 0 bridgehead atoms. The van der Waals surface area contributed by atoms with E-state index in [1.54, 1.807) is 0 Å². The van der Waals surface area contributed by atoms with Crippen molar-refractivity contribution in [3.8, 4) is 11.5 Å². The smallest absolute Gasteiger partial charge is 0.239 e. The molecule has 28 heavy (non-hydrogen) atoms. The Kier molecular flexibility index (Phi) is 9.15. The molecule has 0 fully saturated rings. The van der Waals surface area contributed by atoms with Crippen LogP contribution in [-0.4, -0.2) is 38.4 Å². The maximum atomic E-state index is 12.0. The van der Waals surface area contributed by atoms with Crippen molar-refractivity contribution in [2.45, 2.75) is 33.4 Å². The third kappa shape index (κ3) is 8.31. The molecule has 0 radical (unpaired) electrons. The Morgan fingerprint density at radius 1 is 0.964 bits per heavy atom. The second kappa shape index (κ2) is 11.9. The summed E-state index contributed by atoms with van der Waals surface area (Å²) >= 11 is 0. The quantitative estimate of drug-likeness (QED) is 0.545. The van der Waals surface area contributed by atoms with Crippen molar-refractivity contribution in [3.63, 3.8) is 0 Å². The predicted octanol–water partition coefficient (Wildman–Crippen LogP) is 3.62. The molecule has 0 aromatic heterocycles. The first-order valence-corrected chi connectivity index (χ1v) is 9.63. The second-order valence-corrected chi connectivity index (χ2v) is 6.51. The van der Waals surface area contributed by atoms with Gasteiger partial charge in [-0.15, -0.1) is 0 Å². The summed E-state index contributed by atoms with van der Waals surface area (Å²) < 4.78 is 16.4. The number of ether oxygens (including phenoxy) is 3. The fourth-order valence-corrected chi connectivity index (χ4v) is 2.44. The molecule has 1 amide bonds. The van der Waals surface area contributed by atoms with Gasteiger partial charge in [-0.3, -0.25) is 4.79 Å². The largest absolute Gasteiger partial charge is 0.491 e. The molecule has 0 atom stereocenters. The maximum absolute atomic E-state index is 12.0. The Labute approximate surface area is 167 Å². The average molecular weight is 386 g/mol. The molecule has 6 heteroatoms. The molecule has 2 aromatic carbocycles. The molecule has 152 valence electrons. The van der Waals surface area contributed by atoms with Crippen LogP contribution in [0, 0.1) is 0 Å². The van der Waals surface area contributed by atoms with Gasteiger partial charge in [0.2, 0.25) is 5.91 Å². The molecular weight excluding hydrogens is 356 g/mol. The van der Waals surface area contributed by atoms with Crippen molar-refractivity contribution in [3.05, 3.63) is 54.1 Å². The minimum absolute atomic E-state index is 0.0699. The Morgan fingerprint density at radius 3 is 2.29 bits per heavy atom. The highest BCUT2D eigenvalue weighted by atomic mass is 16.5. The van der Waals surface area contributed by atoms with Gasteiger partial charge in [-0.05, 0) is 62.7 Å². The SMILES string of the molecule is CCOCCOc1ccc(NCC(=O)NCc2ccc(OC(C)C)cc2)cc1. The molecule has 0 aliphatic heterocycles. The highest BCUT2D eigenvalue weighted by molar-refractivity contribution is 5.80. The third-order valence-corrected chi connectivity index (χ3v) is 3.79. The highest BCUT2D eigenvalue weighted by Crippen LogP contribution is 2.16. The third-order valence-electron chi connectivity index (χ3n) is 3.79. The van der Waals surface area contributed by atoms with Crippen LogP contribution in [0.4, 0.5) is 5.69 Å². The summed E-state index contributed by atoms with van der Waals surface area (Å²) in [5, 5.41) is 6.00. The predicted molar refractivity (Wildman–Crippen MR) is 111 cm³/mol. The molecule has 2 rings (SSSR count). The van der Waals surface area contributed by atoms with E-state index in [0.717, 1.165) is 22.7 Å². The van der Waals surface area contributed by atoms with Crippen LogP contribution in [0.2, 0.25) is 0 Å². The molecule has 0 saturated heterocycles. The van der Waals surface area contributed by atoms with Gasteiger partial charge in [0.15, 0.2) is 0 Å². The minimum atomic E-state index is -0.0699. The lowest BCUT2D eigenvalue weighted by molar-refractivity contribution is -0.119. The molecule has 0 saturated carbocycles. The number of benzene rings is 2. The Bertz CT molecular complexity index is 699. The number of hydrogen-bond donors (Lipinski definition) is 2. The zero-order valence-corrected chi connectivity index (χ0v) is 16.9. The van der Waals surface area contributed by atoms with E-state index in [4.69, 9.17) is 14.2 Å². The van der Waals surface area contributed by atoms with Gasteiger partial charge in [-0.1, -0.05) is 12.1 Å². The summed E-state index contributed by atoms with van der Waals surface area (Å²) in [6.45, 7) is 8.40. The lowest BCUT2D eigenvalue weighted by Crippen LogP contribution is -2.29. The van der Waals surface area contributed by atoms with Gasteiger partial charge in [0, 0.05) is 18.8 Å². The first-order chi connectivity index (χ1) is 13.6. The van der Waals surface area contributed by atoms with Gasteiger partial charge in [0.1, 0.15) is 18.1 Å². The van der Waals surface area contributed by atoms with Crippen molar-refractivity contribution in [2.24, 2.45) is 0 Å². The summed E-state index contributed by atoms with van der Waals surface area (Å²) in [5.41, 5.74) is 1.89. The molecule has 0 heterocycles. The van der Waals surface area contributed by atoms with Gasteiger partial charge in [0.25, 0.3) is 0 Å². The summed E-state index contributed by atoms with van der Waals surface area (Å²) in [6.07, 6.45) is 0.146. The molecule has 0 unspecified atom stereocenters. The lowest BCUT2D eigenvalue weighted by atomic mass is 10.2. The Hall–Kier alpha value is -2.73. The van der Waals surface area contributed by atoms with Crippen molar-refractivity contribution in [1.82, 2.24) is 5.32 Å². The molecule has 0 spiro atoms. The van der Waals surface area contributed by atoms with Crippen LogP contribution in [0.3, 0.4) is 0 Å². The van der Waals surface area contributed by atoms with E-state index in [2.05, 4.69) is 10.6 Å². The van der Waals surface area contributed by atoms with E-state index in [0.29, 0.717) is 26.4 Å². The molecule has 2 aromatic rings. The van der Waals surface area contributed by atoms with Crippen LogP contribution in [0.1, 0.15) is 26.3 Å². The highest BCUT2D eigenvalue weighted by Gasteiger charge is 2.03. The van der Waals surface area contributed by atoms with Crippen molar-refractivity contribution < 1.29 is 19.0 Å². The zero-order valence-electron chi connectivity index (χ0n) is 16.9. The van der Waals surface area contributed by atoms with Crippen LogP contribution >= 0.6 is 0 Å². The van der Waals surface area contributed by atoms with Crippen LogP contribution in [-0.2, 0) is 16.1 Å². The normalized spacial score (nSPS) is 10.6. The number of amides is 1. The number of rotatable bonds is 12. The Morgan fingerprint density at radius 2 is 1.64 bits per heavy atom. The monoisotopic (exact) mass is 386 g/mol. The van der Waals surface area contributed by atoms with Gasteiger partial charge >= 0.3 is 0 Å². The number of carbonyl (C=O) groups excluding carboxylic acids is 1. The van der Waals surface area contributed by atoms with Crippen LogP contribution < -0.4 is 20.1 Å². The van der Waals surface area contributed by atoms with Crippen LogP contribution in [0.15, 0.2) is 48.5 Å². The van der Waals surface area contributed by atoms with E-state index in [9.17, 15) is 4.79 Å². The zero-order chi connectivity index (χ0) is 20.2. The van der Waals surface area contributed by atoms with E-state index < -0.39 is 0 Å². The fourth-order valence-electron chi connectivity index (χ4n) is 2.44. The fraction of sp³-hybridized carbons (Fsp3) is 0.409. The minimum Gasteiger partial charge on any atom is -0.491 e. The number of hydrogen-bond acceptors (Lipinski definition) is 5. The standard InChI is InChI=1S/C22H30N2O4/c1-4-26-13-14-27-20-11-7-19(8-12-20)23-16-22(25)24-15-18-5-9-21(10-6-18)28-17(2)3/h5-12,17,23H,4,13-16H2,1-3H3,(H,24,25). The lowest BCUT2D eigenvalue weighted by Gasteiger charge is -2.11. The van der Waals surface area contributed by atoms with Crippen LogP contribution in [0.25, 0.3) is 0 Å². The van der Waals surface area contributed by atoms with Gasteiger partial charge in [-0.2, -0.15) is 0 Å². The summed E-state index contributed by atoms with van der Waals surface area (Å²) in [5.74, 6) is 1.54. The molecule has 2 N–H and O–H groups in total. The molecule has 0 aliphatic carbocycles. The van der Waals surface area contributed by atoms with Crippen molar-refractivity contribution >= 4 is 11.6 Å². The summed E-state index contributed by atoms with van der Waals surface area (Å²) in [6, 6.07) is 15.2. The molecule has 6 nitrogen and oxygen atoms in total. The van der Waals surface area contributed by atoms with Gasteiger partial charge in [0.05, 0.1) is 19.3 Å². The topological polar surface area (TPSA) is 68.8 Å². The number of carbonyl (C=O) groups is 1. The first kappa shape index (κ1) is 21.6. The van der Waals surface area contributed by atoms with Crippen LogP contribution in [0.5, 0.6) is 11.5 Å². The second-order valence-electron chi connectivity index (χ2n) is 6.51. The number of nitrogens with one attached hydrogen (secondary N) is 2. The number of anilines is 1. The Balaban J connectivity index is 1.67. The van der Waals surface area contributed by atoms with Gasteiger partial charge < -0.3 is 24.8 Å². The van der Waals surface area contributed by atoms with E-state index >= 15 is 0 Å². The van der Waals surface area contributed by atoms with E-state index in [-0.39, 0.29) is 18.6 Å². The first-order valence-electron chi connectivity index (χ1n) is 9.63. The average Bonchev–Trinajstić information content (AvgIpc) is 2.69. The molecule has 0 aliphatic rings. The summed E-state index contributed by atoms with van der Waals surface area (Å²) in [7, 11) is 0. The van der Waals surface area contributed by atoms with E-state index in [1.165, 1.54) is 0 Å².